The third-order valence-corrected chi connectivity index (χ3v) is 4.29. The molecule has 0 spiro atoms. The molecule has 0 unspecified atom stereocenters. The van der Waals surface area contributed by atoms with Crippen LogP contribution in [-0.2, 0) is 5.41 Å². The highest BCUT2D eigenvalue weighted by molar-refractivity contribution is 5.35. The summed E-state index contributed by atoms with van der Waals surface area (Å²) in [6, 6.07) is 8.67. The SMILES string of the molecule is CCC[C@@]1(c2cccc(OC)c2)CCN(CC)C1. The molecule has 18 heavy (non-hydrogen) atoms. The number of ether oxygens (including phenoxy) is 1. The predicted molar refractivity (Wildman–Crippen MR) is 76.3 cm³/mol. The summed E-state index contributed by atoms with van der Waals surface area (Å²) in [7, 11) is 1.75. The van der Waals surface area contributed by atoms with E-state index in [2.05, 4.69) is 36.9 Å². The third-order valence-electron chi connectivity index (χ3n) is 4.29. The second-order valence-corrected chi connectivity index (χ2v) is 5.38. The molecule has 0 aliphatic carbocycles. The second kappa shape index (κ2) is 5.75. The molecule has 2 heteroatoms. The molecule has 1 saturated heterocycles. The van der Waals surface area contributed by atoms with Crippen LogP contribution >= 0.6 is 0 Å². The molecule has 1 heterocycles. The molecule has 1 aromatic rings. The van der Waals surface area contributed by atoms with Gasteiger partial charge in [-0.3, -0.25) is 0 Å². The minimum Gasteiger partial charge on any atom is -0.497 e. The zero-order valence-corrected chi connectivity index (χ0v) is 11.9. The maximum atomic E-state index is 5.38. The fourth-order valence-electron chi connectivity index (χ4n) is 3.24. The maximum absolute atomic E-state index is 5.38. The van der Waals surface area contributed by atoms with Crippen LogP contribution in [0.5, 0.6) is 5.75 Å². The summed E-state index contributed by atoms with van der Waals surface area (Å²) >= 11 is 0. The highest BCUT2D eigenvalue weighted by atomic mass is 16.5. The first kappa shape index (κ1) is 13.4. The topological polar surface area (TPSA) is 12.5 Å². The van der Waals surface area contributed by atoms with Crippen LogP contribution in [0.2, 0.25) is 0 Å². The van der Waals surface area contributed by atoms with E-state index in [1.54, 1.807) is 7.11 Å². The molecule has 1 fully saturated rings. The zero-order chi connectivity index (χ0) is 13.0. The second-order valence-electron chi connectivity index (χ2n) is 5.38. The van der Waals surface area contributed by atoms with E-state index in [9.17, 15) is 0 Å². The van der Waals surface area contributed by atoms with Crippen molar-refractivity contribution < 1.29 is 4.74 Å². The van der Waals surface area contributed by atoms with E-state index in [1.807, 2.05) is 6.07 Å². The summed E-state index contributed by atoms with van der Waals surface area (Å²) in [6.07, 6.45) is 3.80. The largest absolute Gasteiger partial charge is 0.497 e. The van der Waals surface area contributed by atoms with Crippen molar-refractivity contribution in [1.82, 2.24) is 4.90 Å². The Labute approximate surface area is 111 Å². The quantitative estimate of drug-likeness (QED) is 0.790. The molecule has 2 rings (SSSR count). The Morgan fingerprint density at radius 1 is 1.33 bits per heavy atom. The zero-order valence-electron chi connectivity index (χ0n) is 11.9. The Balaban J connectivity index is 2.29. The Kier molecular flexibility index (Phi) is 4.28. The van der Waals surface area contributed by atoms with Gasteiger partial charge in [0.25, 0.3) is 0 Å². The standard InChI is InChI=1S/C16H25NO/c1-4-9-16(10-11-17(5-2)13-16)14-7-6-8-15(12-14)18-3/h6-8,12H,4-5,9-11,13H2,1-3H3/t16-/m1/s1. The van der Waals surface area contributed by atoms with E-state index < -0.39 is 0 Å². The van der Waals surface area contributed by atoms with Gasteiger partial charge in [-0.05, 0) is 43.6 Å². The van der Waals surface area contributed by atoms with Gasteiger partial charge < -0.3 is 9.64 Å². The van der Waals surface area contributed by atoms with E-state index in [1.165, 1.54) is 37.9 Å². The van der Waals surface area contributed by atoms with Gasteiger partial charge in [0.15, 0.2) is 0 Å². The van der Waals surface area contributed by atoms with E-state index in [4.69, 9.17) is 4.74 Å². The third kappa shape index (κ3) is 2.54. The average Bonchev–Trinajstić information content (AvgIpc) is 2.84. The van der Waals surface area contributed by atoms with Crippen molar-refractivity contribution in [2.24, 2.45) is 0 Å². The first-order valence-electron chi connectivity index (χ1n) is 7.11. The van der Waals surface area contributed by atoms with Gasteiger partial charge in [0.2, 0.25) is 0 Å². The van der Waals surface area contributed by atoms with E-state index in [0.717, 1.165) is 12.3 Å². The van der Waals surface area contributed by atoms with E-state index in [-0.39, 0.29) is 0 Å². The lowest BCUT2D eigenvalue weighted by molar-refractivity contribution is 0.314. The summed E-state index contributed by atoms with van der Waals surface area (Å²) in [4.78, 5) is 2.56. The van der Waals surface area contributed by atoms with Crippen molar-refractivity contribution in [3.63, 3.8) is 0 Å². The van der Waals surface area contributed by atoms with Crippen LogP contribution in [0.25, 0.3) is 0 Å². The van der Waals surface area contributed by atoms with Crippen LogP contribution in [-0.4, -0.2) is 31.6 Å². The monoisotopic (exact) mass is 247 g/mol. The molecule has 2 nitrogen and oxygen atoms in total. The lowest BCUT2D eigenvalue weighted by Gasteiger charge is -2.30. The number of hydrogen-bond donors (Lipinski definition) is 0. The molecule has 0 N–H and O–H groups in total. The minimum atomic E-state index is 0.347. The fraction of sp³-hybridized carbons (Fsp3) is 0.625. The number of nitrogens with zero attached hydrogens (tertiary/aromatic N) is 1. The first-order chi connectivity index (χ1) is 8.74. The van der Waals surface area contributed by atoms with Gasteiger partial charge in [-0.1, -0.05) is 32.4 Å². The van der Waals surface area contributed by atoms with Gasteiger partial charge in [-0.25, -0.2) is 0 Å². The van der Waals surface area contributed by atoms with Crippen LogP contribution in [0, 0.1) is 0 Å². The Morgan fingerprint density at radius 3 is 2.78 bits per heavy atom. The highest BCUT2D eigenvalue weighted by Crippen LogP contribution is 2.39. The van der Waals surface area contributed by atoms with Gasteiger partial charge in [-0.15, -0.1) is 0 Å². The Morgan fingerprint density at radius 2 is 2.17 bits per heavy atom. The molecular weight excluding hydrogens is 222 g/mol. The number of benzene rings is 1. The minimum absolute atomic E-state index is 0.347. The van der Waals surface area contributed by atoms with Gasteiger partial charge >= 0.3 is 0 Å². The molecular formula is C16H25NO. The lowest BCUT2D eigenvalue weighted by Crippen LogP contribution is -2.31. The molecule has 0 saturated carbocycles. The molecule has 0 bridgehead atoms. The smallest absolute Gasteiger partial charge is 0.119 e. The van der Waals surface area contributed by atoms with Gasteiger partial charge in [0.1, 0.15) is 5.75 Å². The molecule has 100 valence electrons. The number of hydrogen-bond acceptors (Lipinski definition) is 2. The Hall–Kier alpha value is -1.02. The average molecular weight is 247 g/mol. The van der Waals surface area contributed by atoms with Crippen molar-refractivity contribution in [2.75, 3.05) is 26.7 Å². The van der Waals surface area contributed by atoms with Gasteiger partial charge in [-0.2, -0.15) is 0 Å². The molecule has 0 aromatic heterocycles. The van der Waals surface area contributed by atoms with Crippen LogP contribution in [0.1, 0.15) is 38.7 Å². The van der Waals surface area contributed by atoms with Crippen molar-refractivity contribution in [1.29, 1.82) is 0 Å². The number of rotatable bonds is 5. The van der Waals surface area contributed by atoms with Crippen molar-refractivity contribution in [2.45, 2.75) is 38.5 Å². The number of methoxy groups -OCH3 is 1. The van der Waals surface area contributed by atoms with Gasteiger partial charge in [0.05, 0.1) is 7.11 Å². The van der Waals surface area contributed by atoms with Crippen molar-refractivity contribution in [3.8, 4) is 5.75 Å². The molecule has 1 aliphatic rings. The lowest BCUT2D eigenvalue weighted by atomic mass is 9.76. The summed E-state index contributed by atoms with van der Waals surface area (Å²) in [5, 5.41) is 0. The normalized spacial score (nSPS) is 24.4. The predicted octanol–water partition coefficient (Wildman–Crippen LogP) is 3.46. The van der Waals surface area contributed by atoms with Crippen molar-refractivity contribution >= 4 is 0 Å². The molecule has 1 aromatic carbocycles. The molecule has 1 aliphatic heterocycles. The maximum Gasteiger partial charge on any atom is 0.119 e. The van der Waals surface area contributed by atoms with E-state index >= 15 is 0 Å². The summed E-state index contributed by atoms with van der Waals surface area (Å²) in [5.74, 6) is 0.984. The summed E-state index contributed by atoms with van der Waals surface area (Å²) in [5.41, 5.74) is 1.80. The number of likely N-dealkylation sites (N-methyl/N-ethyl adjacent to an activating group) is 1. The van der Waals surface area contributed by atoms with Crippen LogP contribution in [0.4, 0.5) is 0 Å². The summed E-state index contributed by atoms with van der Waals surface area (Å²) < 4.78 is 5.38. The van der Waals surface area contributed by atoms with Crippen molar-refractivity contribution in [3.05, 3.63) is 29.8 Å². The van der Waals surface area contributed by atoms with Crippen LogP contribution in [0.3, 0.4) is 0 Å². The first-order valence-corrected chi connectivity index (χ1v) is 7.11. The molecule has 0 radical (unpaired) electrons. The fourth-order valence-corrected chi connectivity index (χ4v) is 3.24. The molecule has 0 amide bonds. The van der Waals surface area contributed by atoms with Crippen LogP contribution in [0.15, 0.2) is 24.3 Å². The van der Waals surface area contributed by atoms with Crippen LogP contribution < -0.4 is 4.74 Å². The Bertz CT molecular complexity index is 390. The highest BCUT2D eigenvalue weighted by Gasteiger charge is 2.38. The van der Waals surface area contributed by atoms with Gasteiger partial charge in [0, 0.05) is 12.0 Å². The summed E-state index contributed by atoms with van der Waals surface area (Å²) in [6.45, 7) is 8.14. The molecule has 1 atom stereocenters. The van der Waals surface area contributed by atoms with E-state index in [0.29, 0.717) is 5.41 Å². The number of likely N-dealkylation sites (tertiary alicyclic amines) is 1.